The van der Waals surface area contributed by atoms with Crippen LogP contribution in [0.3, 0.4) is 0 Å². The molecule has 3 nitrogen and oxygen atoms in total. The van der Waals surface area contributed by atoms with E-state index in [2.05, 4.69) is 40.5 Å². The van der Waals surface area contributed by atoms with E-state index in [1.54, 1.807) is 0 Å². The first-order valence-corrected chi connectivity index (χ1v) is 8.33. The summed E-state index contributed by atoms with van der Waals surface area (Å²) in [7, 11) is 0. The van der Waals surface area contributed by atoms with Gasteiger partial charge in [0, 0.05) is 24.9 Å². The predicted molar refractivity (Wildman–Crippen MR) is 83.0 cm³/mol. The second-order valence-electron chi connectivity index (χ2n) is 7.05. The van der Waals surface area contributed by atoms with Gasteiger partial charge in [-0.1, -0.05) is 30.3 Å². The van der Waals surface area contributed by atoms with Gasteiger partial charge in [-0.25, -0.2) is 0 Å². The summed E-state index contributed by atoms with van der Waals surface area (Å²) in [4.78, 5) is 14.9. The van der Waals surface area contributed by atoms with Crippen molar-refractivity contribution in [3.8, 4) is 0 Å². The summed E-state index contributed by atoms with van der Waals surface area (Å²) < 4.78 is 0. The summed E-state index contributed by atoms with van der Waals surface area (Å²) in [6.07, 6.45) is 4.65. The highest BCUT2D eigenvalue weighted by Crippen LogP contribution is 2.59. The molecule has 3 aliphatic rings. The van der Waals surface area contributed by atoms with E-state index in [4.69, 9.17) is 0 Å². The Morgan fingerprint density at radius 1 is 1.19 bits per heavy atom. The van der Waals surface area contributed by atoms with E-state index in [-0.39, 0.29) is 0 Å². The fourth-order valence-electron chi connectivity index (χ4n) is 4.35. The summed E-state index contributed by atoms with van der Waals surface area (Å²) in [5.41, 5.74) is 1.76. The van der Waals surface area contributed by atoms with E-state index in [1.807, 2.05) is 0 Å². The number of rotatable bonds is 2. The average Bonchev–Trinajstić information content (AvgIpc) is 3.01. The first-order valence-electron chi connectivity index (χ1n) is 8.33. The fraction of sp³-hybridized carbons (Fsp3) is 0.611. The number of hydrogen-bond donors (Lipinski definition) is 1. The molecule has 1 aromatic carbocycles. The lowest BCUT2D eigenvalue weighted by Crippen LogP contribution is -2.35. The molecule has 0 radical (unpaired) electrons. The summed E-state index contributed by atoms with van der Waals surface area (Å²) in [6.45, 7) is 4.06. The molecule has 4 rings (SSSR count). The van der Waals surface area contributed by atoms with Gasteiger partial charge in [0.25, 0.3) is 0 Å². The highest BCUT2D eigenvalue weighted by molar-refractivity contribution is 5.83. The third-order valence-electron chi connectivity index (χ3n) is 5.86. The molecule has 2 saturated heterocycles. The van der Waals surface area contributed by atoms with Crippen molar-refractivity contribution in [2.75, 3.05) is 26.2 Å². The number of carbonyl (C=O) groups is 1. The van der Waals surface area contributed by atoms with Crippen LogP contribution in [0.2, 0.25) is 0 Å². The van der Waals surface area contributed by atoms with Gasteiger partial charge in [-0.3, -0.25) is 4.79 Å². The maximum Gasteiger partial charge on any atom is 0.226 e. The van der Waals surface area contributed by atoms with Crippen LogP contribution in [-0.4, -0.2) is 37.0 Å². The topological polar surface area (TPSA) is 32.3 Å². The van der Waals surface area contributed by atoms with E-state index in [1.165, 1.54) is 18.4 Å². The molecule has 1 spiro atoms. The number of benzene rings is 1. The lowest BCUT2D eigenvalue weighted by Gasteiger charge is -2.25. The van der Waals surface area contributed by atoms with Crippen molar-refractivity contribution in [3.63, 3.8) is 0 Å². The van der Waals surface area contributed by atoms with Crippen LogP contribution in [0.4, 0.5) is 0 Å². The molecule has 0 bridgehead atoms. The van der Waals surface area contributed by atoms with Crippen molar-refractivity contribution in [1.82, 2.24) is 10.2 Å². The third kappa shape index (κ3) is 2.38. The highest BCUT2D eigenvalue weighted by atomic mass is 16.2. The van der Waals surface area contributed by atoms with Crippen molar-refractivity contribution < 1.29 is 4.79 Å². The molecule has 1 saturated carbocycles. The van der Waals surface area contributed by atoms with Gasteiger partial charge in [0.1, 0.15) is 0 Å². The molecule has 21 heavy (non-hydrogen) atoms. The quantitative estimate of drug-likeness (QED) is 0.904. The molecule has 2 atom stereocenters. The minimum atomic E-state index is 0.328. The molecule has 2 heterocycles. The Balaban J connectivity index is 1.39. The van der Waals surface area contributed by atoms with Gasteiger partial charge in [0.05, 0.1) is 0 Å². The van der Waals surface area contributed by atoms with Crippen LogP contribution in [0.5, 0.6) is 0 Å². The van der Waals surface area contributed by atoms with E-state index < -0.39 is 0 Å². The monoisotopic (exact) mass is 284 g/mol. The zero-order chi connectivity index (χ0) is 14.3. The minimum absolute atomic E-state index is 0.328. The maximum absolute atomic E-state index is 12.8. The summed E-state index contributed by atoms with van der Waals surface area (Å²) in [6, 6.07) is 10.7. The molecule has 1 aliphatic carbocycles. The zero-order valence-electron chi connectivity index (χ0n) is 12.6. The standard InChI is InChI=1S/C18H24N2O/c21-17(16-12-18(16)7-9-19-10-8-18)20-11-6-15(13-20)14-4-2-1-3-5-14/h1-5,15-16,19H,6-13H2. The van der Waals surface area contributed by atoms with Gasteiger partial charge in [0.2, 0.25) is 5.91 Å². The van der Waals surface area contributed by atoms with E-state index >= 15 is 0 Å². The Kier molecular flexibility index (Phi) is 3.26. The SMILES string of the molecule is O=C(C1CC12CCNCC2)N1CCC(c2ccccc2)C1. The van der Waals surface area contributed by atoms with Gasteiger partial charge in [0.15, 0.2) is 0 Å². The number of nitrogens with zero attached hydrogens (tertiary/aromatic N) is 1. The third-order valence-corrected chi connectivity index (χ3v) is 5.86. The Labute approximate surface area is 126 Å². The number of carbonyl (C=O) groups excluding carboxylic acids is 1. The maximum atomic E-state index is 12.8. The van der Waals surface area contributed by atoms with Gasteiger partial charge >= 0.3 is 0 Å². The van der Waals surface area contributed by atoms with Gasteiger partial charge < -0.3 is 10.2 Å². The molecular weight excluding hydrogens is 260 g/mol. The Morgan fingerprint density at radius 3 is 2.71 bits per heavy atom. The van der Waals surface area contributed by atoms with Crippen molar-refractivity contribution in [1.29, 1.82) is 0 Å². The average molecular weight is 284 g/mol. The van der Waals surface area contributed by atoms with Gasteiger partial charge in [-0.05, 0) is 49.8 Å². The van der Waals surface area contributed by atoms with Crippen molar-refractivity contribution in [3.05, 3.63) is 35.9 Å². The number of amides is 1. The number of nitrogens with one attached hydrogen (secondary N) is 1. The Morgan fingerprint density at radius 2 is 1.95 bits per heavy atom. The molecule has 2 unspecified atom stereocenters. The lowest BCUT2D eigenvalue weighted by atomic mass is 9.91. The van der Waals surface area contributed by atoms with Crippen LogP contribution in [-0.2, 0) is 4.79 Å². The molecule has 1 amide bonds. The van der Waals surface area contributed by atoms with Crippen LogP contribution in [0, 0.1) is 11.3 Å². The van der Waals surface area contributed by atoms with Gasteiger partial charge in [-0.15, -0.1) is 0 Å². The number of likely N-dealkylation sites (tertiary alicyclic amines) is 1. The van der Waals surface area contributed by atoms with Gasteiger partial charge in [-0.2, -0.15) is 0 Å². The van der Waals surface area contributed by atoms with E-state index in [0.717, 1.165) is 39.0 Å². The lowest BCUT2D eigenvalue weighted by molar-refractivity contribution is -0.132. The molecule has 2 aliphatic heterocycles. The predicted octanol–water partition coefficient (Wildman–Crippen LogP) is 2.39. The second kappa shape index (κ2) is 5.13. The summed E-state index contributed by atoms with van der Waals surface area (Å²) in [5, 5.41) is 3.41. The van der Waals surface area contributed by atoms with Crippen molar-refractivity contribution in [2.45, 2.75) is 31.6 Å². The molecule has 3 fully saturated rings. The second-order valence-corrected chi connectivity index (χ2v) is 7.05. The summed E-state index contributed by atoms with van der Waals surface area (Å²) in [5.74, 6) is 1.31. The van der Waals surface area contributed by atoms with Crippen LogP contribution >= 0.6 is 0 Å². The first-order chi connectivity index (χ1) is 10.3. The fourth-order valence-corrected chi connectivity index (χ4v) is 4.35. The molecular formula is C18H24N2O. The van der Waals surface area contributed by atoms with Crippen molar-refractivity contribution >= 4 is 5.91 Å². The molecule has 1 aromatic rings. The zero-order valence-corrected chi connectivity index (χ0v) is 12.6. The smallest absolute Gasteiger partial charge is 0.226 e. The van der Waals surface area contributed by atoms with Crippen LogP contribution in [0.1, 0.15) is 37.2 Å². The number of hydrogen-bond acceptors (Lipinski definition) is 2. The normalized spacial score (nSPS) is 30.6. The summed E-state index contributed by atoms with van der Waals surface area (Å²) >= 11 is 0. The van der Waals surface area contributed by atoms with E-state index in [9.17, 15) is 4.79 Å². The van der Waals surface area contributed by atoms with E-state index in [0.29, 0.717) is 23.2 Å². The largest absolute Gasteiger partial charge is 0.342 e. The Hall–Kier alpha value is -1.35. The number of piperidine rings is 1. The minimum Gasteiger partial charge on any atom is -0.342 e. The Bertz CT molecular complexity index is 521. The first kappa shape index (κ1) is 13.3. The molecule has 112 valence electrons. The van der Waals surface area contributed by atoms with Crippen LogP contribution in [0.25, 0.3) is 0 Å². The molecule has 1 N–H and O–H groups in total. The molecule has 0 aromatic heterocycles. The van der Waals surface area contributed by atoms with Crippen LogP contribution < -0.4 is 5.32 Å². The van der Waals surface area contributed by atoms with Crippen molar-refractivity contribution in [2.24, 2.45) is 11.3 Å². The highest BCUT2D eigenvalue weighted by Gasteiger charge is 2.58. The van der Waals surface area contributed by atoms with Crippen LogP contribution in [0.15, 0.2) is 30.3 Å². The molecule has 3 heteroatoms.